The normalized spacial score (nSPS) is 15.8. The lowest BCUT2D eigenvalue weighted by Gasteiger charge is -2.24. The van der Waals surface area contributed by atoms with Crippen molar-refractivity contribution in [3.05, 3.63) is 152 Å². The van der Waals surface area contributed by atoms with Crippen molar-refractivity contribution in [3.63, 3.8) is 0 Å². The number of furan rings is 1. The van der Waals surface area contributed by atoms with Crippen LogP contribution in [0.4, 0.5) is 11.4 Å². The van der Waals surface area contributed by atoms with Gasteiger partial charge in [0.1, 0.15) is 22.7 Å². The number of allylic oxidation sites excluding steroid dienone is 4. The average Bonchev–Trinajstić information content (AvgIpc) is 3.77. The molecule has 0 amide bonds. The maximum atomic E-state index is 6.36. The summed E-state index contributed by atoms with van der Waals surface area (Å²) in [5.74, 6) is 0. The molecule has 0 saturated carbocycles. The smallest absolute Gasteiger partial charge is 0.235 e. The van der Waals surface area contributed by atoms with Crippen molar-refractivity contribution >= 4 is 82.6 Å². The first-order valence-electron chi connectivity index (χ1n) is 15.8. The van der Waals surface area contributed by atoms with Crippen LogP contribution in [0.25, 0.3) is 71.2 Å². The van der Waals surface area contributed by atoms with Gasteiger partial charge in [-0.3, -0.25) is 0 Å². The van der Waals surface area contributed by atoms with Crippen LogP contribution < -0.4 is 4.58 Å². The first-order valence-corrected chi connectivity index (χ1v) is 15.8. The number of nitrogens with zero attached hydrogens (tertiary/aromatic N) is 3. The lowest BCUT2D eigenvalue weighted by molar-refractivity contribution is 0.669. The molecule has 6 aromatic carbocycles. The van der Waals surface area contributed by atoms with E-state index in [1.54, 1.807) is 0 Å². The van der Waals surface area contributed by atoms with Crippen LogP contribution in [-0.2, 0) is 0 Å². The maximum Gasteiger partial charge on any atom is 0.235 e. The van der Waals surface area contributed by atoms with Gasteiger partial charge in [-0.1, -0.05) is 85.0 Å². The summed E-state index contributed by atoms with van der Waals surface area (Å²) < 4.78 is 13.7. The van der Waals surface area contributed by atoms with Crippen molar-refractivity contribution in [2.75, 3.05) is 0 Å². The van der Waals surface area contributed by atoms with Crippen molar-refractivity contribution in [3.8, 4) is 5.69 Å². The molecule has 214 valence electrons. The van der Waals surface area contributed by atoms with Crippen LogP contribution in [0.2, 0.25) is 0 Å². The molecule has 0 fully saturated rings. The Kier molecular flexibility index (Phi) is 4.60. The van der Waals surface area contributed by atoms with Crippen LogP contribution >= 0.6 is 0 Å². The fourth-order valence-electron chi connectivity index (χ4n) is 8.16. The SMILES string of the molecule is C1=CC2=[N+](c3ccc(-n4c5ccccc5c5ccccc54)cc3)c3cccc4c5ccc6oc7ccccc7c6c5n(c34)C2C=C1. The number of para-hydroxylation sites is 4. The Morgan fingerprint density at radius 1 is 0.543 bits per heavy atom. The second-order valence-electron chi connectivity index (χ2n) is 12.3. The number of fused-ring (bicyclic) bond motifs is 12. The molecule has 1 unspecified atom stereocenters. The minimum Gasteiger partial charge on any atom is -0.456 e. The van der Waals surface area contributed by atoms with Gasteiger partial charge in [-0.25, -0.2) is 0 Å². The predicted octanol–water partition coefficient (Wildman–Crippen LogP) is 10.7. The zero-order valence-electron chi connectivity index (χ0n) is 24.8. The number of rotatable bonds is 2. The number of hydrogen-bond acceptors (Lipinski definition) is 1. The van der Waals surface area contributed by atoms with Crippen LogP contribution in [0.1, 0.15) is 6.04 Å². The van der Waals surface area contributed by atoms with Crippen molar-refractivity contribution in [2.24, 2.45) is 0 Å². The average molecular weight is 589 g/mol. The standard InChI is InChI=1S/C42H26N3O/c1-4-14-33-28(10-1)29-11-2-5-15-34(29)43(33)26-20-22-27(23-21-26)44-35-16-6-7-17-36(35)45-41-30(13-9-18-37(41)44)31-24-25-39-40(42(31)45)32-12-3-8-19-38(32)46-39/h1-25,36H/q+1. The van der Waals surface area contributed by atoms with Crippen LogP contribution in [0.5, 0.6) is 0 Å². The minimum absolute atomic E-state index is 0.0381. The molecule has 46 heavy (non-hydrogen) atoms. The topological polar surface area (TPSA) is 26.0 Å². The fraction of sp³-hybridized carbons (Fsp3) is 0.0238. The Morgan fingerprint density at radius 3 is 2.04 bits per heavy atom. The van der Waals surface area contributed by atoms with E-state index in [0.717, 1.165) is 27.9 Å². The van der Waals surface area contributed by atoms with Gasteiger partial charge in [-0.15, -0.1) is 0 Å². The molecule has 11 rings (SSSR count). The molecular formula is C42H26N3O+. The molecule has 2 aliphatic rings. The van der Waals surface area contributed by atoms with Crippen LogP contribution in [0.15, 0.2) is 156 Å². The van der Waals surface area contributed by atoms with Gasteiger partial charge < -0.3 is 13.6 Å². The summed E-state index contributed by atoms with van der Waals surface area (Å²) >= 11 is 0. The Labute approximate surface area is 263 Å². The summed E-state index contributed by atoms with van der Waals surface area (Å²) in [4.78, 5) is 0. The van der Waals surface area contributed by atoms with Crippen molar-refractivity contribution in [1.29, 1.82) is 0 Å². The molecule has 9 aromatic rings. The number of hydrogen-bond donors (Lipinski definition) is 0. The minimum atomic E-state index is 0.0381. The predicted molar refractivity (Wildman–Crippen MR) is 191 cm³/mol. The van der Waals surface area contributed by atoms with Gasteiger partial charge in [0.2, 0.25) is 17.1 Å². The van der Waals surface area contributed by atoms with E-state index in [2.05, 4.69) is 159 Å². The molecule has 4 heterocycles. The van der Waals surface area contributed by atoms with Gasteiger partial charge in [-0.2, -0.15) is 4.58 Å². The Hall–Kier alpha value is -6.13. The van der Waals surface area contributed by atoms with Crippen molar-refractivity contribution < 1.29 is 4.42 Å². The van der Waals surface area contributed by atoms with Gasteiger partial charge >= 0.3 is 0 Å². The van der Waals surface area contributed by atoms with Crippen LogP contribution in [-0.4, -0.2) is 14.8 Å². The lowest BCUT2D eigenvalue weighted by Crippen LogP contribution is -2.30. The van der Waals surface area contributed by atoms with Gasteiger partial charge in [0.25, 0.3) is 0 Å². The zero-order valence-corrected chi connectivity index (χ0v) is 24.8. The molecule has 4 heteroatoms. The first-order chi connectivity index (χ1) is 22.8. The van der Waals surface area contributed by atoms with Gasteiger partial charge in [0, 0.05) is 56.9 Å². The highest BCUT2D eigenvalue weighted by Crippen LogP contribution is 2.47. The molecule has 0 spiro atoms. The third kappa shape index (κ3) is 3.01. The fourth-order valence-corrected chi connectivity index (χ4v) is 8.16. The summed E-state index contributed by atoms with van der Waals surface area (Å²) in [6.07, 6.45) is 8.93. The third-order valence-electron chi connectivity index (χ3n) is 10.0. The lowest BCUT2D eigenvalue weighted by atomic mass is 10.0. The summed E-state index contributed by atoms with van der Waals surface area (Å²) in [5.41, 5.74) is 11.5. The Balaban J connectivity index is 1.17. The van der Waals surface area contributed by atoms with Crippen molar-refractivity contribution in [2.45, 2.75) is 6.04 Å². The maximum absolute atomic E-state index is 6.36. The molecule has 0 bridgehead atoms. The van der Waals surface area contributed by atoms with E-state index in [9.17, 15) is 0 Å². The molecule has 0 N–H and O–H groups in total. The molecule has 1 aliphatic heterocycles. The van der Waals surface area contributed by atoms with E-state index in [4.69, 9.17) is 4.42 Å². The Morgan fingerprint density at radius 2 is 1.24 bits per heavy atom. The van der Waals surface area contributed by atoms with Crippen LogP contribution in [0, 0.1) is 0 Å². The highest BCUT2D eigenvalue weighted by molar-refractivity contribution is 6.27. The molecular weight excluding hydrogens is 562 g/mol. The second-order valence-corrected chi connectivity index (χ2v) is 12.3. The summed E-state index contributed by atoms with van der Waals surface area (Å²) in [5, 5.41) is 7.39. The van der Waals surface area contributed by atoms with E-state index >= 15 is 0 Å². The Bertz CT molecular complexity index is 2800. The molecule has 0 radical (unpaired) electrons. The third-order valence-corrected chi connectivity index (χ3v) is 10.0. The highest BCUT2D eigenvalue weighted by Gasteiger charge is 2.38. The van der Waals surface area contributed by atoms with Crippen LogP contribution in [0.3, 0.4) is 0 Å². The van der Waals surface area contributed by atoms with E-state index in [-0.39, 0.29) is 6.04 Å². The zero-order chi connectivity index (χ0) is 29.9. The monoisotopic (exact) mass is 588 g/mol. The molecule has 0 saturated heterocycles. The quantitative estimate of drug-likeness (QED) is 0.185. The highest BCUT2D eigenvalue weighted by atomic mass is 16.3. The molecule has 3 aromatic heterocycles. The molecule has 1 atom stereocenters. The van der Waals surface area contributed by atoms with Crippen molar-refractivity contribution in [1.82, 2.24) is 13.7 Å². The van der Waals surface area contributed by atoms with Gasteiger partial charge in [-0.05, 0) is 42.5 Å². The molecule has 1 aliphatic carbocycles. The van der Waals surface area contributed by atoms with E-state index in [1.807, 2.05) is 6.07 Å². The summed E-state index contributed by atoms with van der Waals surface area (Å²) in [6.45, 7) is 0. The number of aromatic nitrogens is 2. The summed E-state index contributed by atoms with van der Waals surface area (Å²) in [7, 11) is 0. The first kappa shape index (κ1) is 24.2. The van der Waals surface area contributed by atoms with E-state index in [0.29, 0.717) is 0 Å². The summed E-state index contributed by atoms with van der Waals surface area (Å²) in [6, 6.07) is 46.0. The second kappa shape index (κ2) is 8.74. The van der Waals surface area contributed by atoms with Gasteiger partial charge in [0.05, 0.1) is 21.9 Å². The molecule has 4 nitrogen and oxygen atoms in total. The van der Waals surface area contributed by atoms with E-state index in [1.165, 1.54) is 60.4 Å². The van der Waals surface area contributed by atoms with Gasteiger partial charge in [0.15, 0.2) is 0 Å². The van der Waals surface area contributed by atoms with E-state index < -0.39 is 0 Å². The largest absolute Gasteiger partial charge is 0.456 e. The number of benzene rings is 6.